The number of nitro groups is 1. The average Bonchev–Trinajstić information content (AvgIpc) is 3.15. The number of rotatable bonds is 10. The maximum atomic E-state index is 12.8. The highest BCUT2D eigenvalue weighted by molar-refractivity contribution is 6.39. The monoisotopic (exact) mass is 430 g/mol. The number of fused-ring (bicyclic) bond motifs is 1. The van der Waals surface area contributed by atoms with Crippen LogP contribution in [0.5, 0.6) is 0 Å². The van der Waals surface area contributed by atoms with E-state index in [0.717, 1.165) is 23.1 Å². The minimum absolute atomic E-state index is 0.0246. The second-order valence-corrected chi connectivity index (χ2v) is 7.81. The van der Waals surface area contributed by atoms with Crippen LogP contribution in [-0.2, 0) is 24.2 Å². The molecule has 32 heavy (non-hydrogen) atoms. The van der Waals surface area contributed by atoms with Crippen molar-refractivity contribution in [3.05, 3.63) is 75.5 Å². The summed E-state index contributed by atoms with van der Waals surface area (Å²) in [5, 5.41) is 29.9. The minimum Gasteiger partial charge on any atom is -0.345 e. The van der Waals surface area contributed by atoms with E-state index in [2.05, 4.69) is 23.6 Å². The summed E-state index contributed by atoms with van der Waals surface area (Å²) in [7, 11) is 0. The van der Waals surface area contributed by atoms with Gasteiger partial charge in [-0.3, -0.25) is 14.9 Å². The Balaban J connectivity index is 1.74. The summed E-state index contributed by atoms with van der Waals surface area (Å²) in [4.78, 5) is 23.5. The first-order chi connectivity index (χ1) is 15.4. The zero-order chi connectivity index (χ0) is 23.3. The van der Waals surface area contributed by atoms with Crippen molar-refractivity contribution in [3.8, 4) is 6.07 Å². The van der Waals surface area contributed by atoms with Crippen molar-refractivity contribution in [1.82, 2.24) is 4.57 Å². The first-order valence-corrected chi connectivity index (χ1v) is 10.8. The number of aromatic nitrogens is 1. The highest BCUT2D eigenvalue weighted by Crippen LogP contribution is 2.25. The Morgan fingerprint density at radius 2 is 1.97 bits per heavy atom. The van der Waals surface area contributed by atoms with Crippen LogP contribution in [0, 0.1) is 32.8 Å². The van der Waals surface area contributed by atoms with Gasteiger partial charge in [-0.25, -0.2) is 0 Å². The largest absolute Gasteiger partial charge is 0.345 e. The van der Waals surface area contributed by atoms with Gasteiger partial charge >= 0.3 is 0 Å². The molecule has 0 fully saturated rings. The molecule has 164 valence electrons. The second kappa shape index (κ2) is 10.0. The van der Waals surface area contributed by atoms with Crippen molar-refractivity contribution in [2.24, 2.45) is 5.92 Å². The van der Waals surface area contributed by atoms with E-state index in [1.807, 2.05) is 19.1 Å². The third-order valence-corrected chi connectivity index (χ3v) is 5.93. The first kappa shape index (κ1) is 22.9. The number of ketones is 1. The number of nitriles is 1. The van der Waals surface area contributed by atoms with Crippen LogP contribution in [0.1, 0.15) is 43.5 Å². The number of carbonyl (C=O) groups excluding carboxylic acids is 1. The Bertz CT molecular complexity index is 1220. The predicted molar refractivity (Wildman–Crippen MR) is 124 cm³/mol. The lowest BCUT2D eigenvalue weighted by Gasteiger charge is -2.16. The Kier molecular flexibility index (Phi) is 7.16. The third-order valence-electron chi connectivity index (χ3n) is 5.93. The van der Waals surface area contributed by atoms with Gasteiger partial charge in [0.1, 0.15) is 0 Å². The number of nitrogens with zero attached hydrogens (tertiary/aromatic N) is 3. The molecule has 3 rings (SSSR count). The lowest BCUT2D eigenvalue weighted by atomic mass is 9.89. The van der Waals surface area contributed by atoms with E-state index < -0.39 is 4.92 Å². The van der Waals surface area contributed by atoms with Crippen LogP contribution in [0.15, 0.2) is 48.5 Å². The molecule has 3 aromatic rings. The molecule has 0 aliphatic carbocycles. The van der Waals surface area contributed by atoms with Crippen molar-refractivity contribution in [1.29, 1.82) is 10.7 Å². The Morgan fingerprint density at radius 3 is 2.62 bits per heavy atom. The van der Waals surface area contributed by atoms with Crippen LogP contribution in [0.4, 0.5) is 5.69 Å². The molecule has 0 bridgehead atoms. The highest BCUT2D eigenvalue weighted by Gasteiger charge is 2.23. The molecule has 1 N–H and O–H groups in total. The molecule has 1 heterocycles. The molecule has 0 saturated carbocycles. The number of para-hydroxylation sites is 1. The number of aryl methyl sites for hydroxylation is 2. The number of nitro benzene ring substituents is 1. The fourth-order valence-corrected chi connectivity index (χ4v) is 4.17. The average molecular weight is 431 g/mol. The van der Waals surface area contributed by atoms with Crippen LogP contribution in [0.25, 0.3) is 10.9 Å². The molecule has 0 aliphatic rings. The van der Waals surface area contributed by atoms with E-state index in [0.29, 0.717) is 30.4 Å². The molecule has 0 spiro atoms. The summed E-state index contributed by atoms with van der Waals surface area (Å²) in [5.41, 5.74) is 3.00. The summed E-state index contributed by atoms with van der Waals surface area (Å²) < 4.78 is 2.17. The van der Waals surface area contributed by atoms with Gasteiger partial charge < -0.3 is 9.98 Å². The maximum absolute atomic E-state index is 12.8. The van der Waals surface area contributed by atoms with E-state index in [4.69, 9.17) is 5.41 Å². The molecule has 7 nitrogen and oxygen atoms in total. The van der Waals surface area contributed by atoms with E-state index >= 15 is 0 Å². The summed E-state index contributed by atoms with van der Waals surface area (Å²) in [5.74, 6) is -0.593. The zero-order valence-electron chi connectivity index (χ0n) is 18.3. The number of hydrogen-bond donors (Lipinski definition) is 1. The van der Waals surface area contributed by atoms with Crippen molar-refractivity contribution in [3.63, 3.8) is 0 Å². The van der Waals surface area contributed by atoms with Crippen LogP contribution in [-0.4, -0.2) is 21.0 Å². The van der Waals surface area contributed by atoms with Gasteiger partial charge in [0.25, 0.3) is 5.69 Å². The van der Waals surface area contributed by atoms with Gasteiger partial charge in [0, 0.05) is 41.7 Å². The van der Waals surface area contributed by atoms with Crippen LogP contribution >= 0.6 is 0 Å². The van der Waals surface area contributed by atoms with E-state index in [1.54, 1.807) is 24.3 Å². The molecule has 7 heteroatoms. The molecule has 1 atom stereocenters. The molecule has 0 unspecified atom stereocenters. The first-order valence-electron chi connectivity index (χ1n) is 10.8. The number of Topliss-reactive ketones (excluding diaryl/α,β-unsaturated/α-hetero) is 1. The summed E-state index contributed by atoms with van der Waals surface area (Å²) >= 11 is 0. The fraction of sp³-hybridized carbons (Fsp3) is 0.320. The third kappa shape index (κ3) is 4.75. The molecule has 2 aromatic carbocycles. The molecule has 0 saturated heterocycles. The Labute approximate surface area is 186 Å². The standard InChI is InChI=1S/C25H26N4O3/c1-3-18(25(27)24(30)15-19-7-5-6-8-22(19)29(31)32)11-12-21-14-20-10-9-17(16-26)13-23(20)28(21)4-2/h5-10,13-14,18,27H,3-4,11-12,15H2,1-2H3/t18-/m0/s1. The number of carbonyl (C=O) groups is 1. The topological polar surface area (TPSA) is 113 Å². The second-order valence-electron chi connectivity index (χ2n) is 7.81. The number of hydrogen-bond acceptors (Lipinski definition) is 5. The lowest BCUT2D eigenvalue weighted by Crippen LogP contribution is -2.25. The Hall–Kier alpha value is -3.79. The van der Waals surface area contributed by atoms with Gasteiger partial charge in [0.2, 0.25) is 0 Å². The van der Waals surface area contributed by atoms with Gasteiger partial charge in [-0.2, -0.15) is 5.26 Å². The molecule has 0 radical (unpaired) electrons. The normalized spacial score (nSPS) is 11.8. The maximum Gasteiger partial charge on any atom is 0.273 e. The quantitative estimate of drug-likeness (QED) is 0.269. The molecular weight excluding hydrogens is 404 g/mol. The summed E-state index contributed by atoms with van der Waals surface area (Å²) in [6, 6.07) is 16.1. The molecule has 1 aromatic heterocycles. The van der Waals surface area contributed by atoms with Gasteiger partial charge in [0.15, 0.2) is 5.78 Å². The molecule has 0 amide bonds. The van der Waals surface area contributed by atoms with Crippen molar-refractivity contribution in [2.75, 3.05) is 0 Å². The minimum atomic E-state index is -0.495. The molecular formula is C25H26N4O3. The summed E-state index contributed by atoms with van der Waals surface area (Å²) in [6.45, 7) is 4.77. The van der Waals surface area contributed by atoms with Gasteiger partial charge in [-0.05, 0) is 49.8 Å². The smallest absolute Gasteiger partial charge is 0.273 e. The van der Waals surface area contributed by atoms with E-state index in [9.17, 15) is 20.2 Å². The molecule has 0 aliphatic heterocycles. The highest BCUT2D eigenvalue weighted by atomic mass is 16.6. The van der Waals surface area contributed by atoms with Crippen molar-refractivity contribution in [2.45, 2.75) is 46.1 Å². The predicted octanol–water partition coefficient (Wildman–Crippen LogP) is 5.23. The Morgan fingerprint density at radius 1 is 1.22 bits per heavy atom. The number of nitrogens with one attached hydrogen (secondary N) is 1. The van der Waals surface area contributed by atoms with Crippen LogP contribution in [0.3, 0.4) is 0 Å². The fourth-order valence-electron chi connectivity index (χ4n) is 4.17. The van der Waals surface area contributed by atoms with Crippen molar-refractivity contribution >= 4 is 28.1 Å². The lowest BCUT2D eigenvalue weighted by molar-refractivity contribution is -0.385. The zero-order valence-corrected chi connectivity index (χ0v) is 18.3. The van der Waals surface area contributed by atoms with E-state index in [1.165, 1.54) is 6.07 Å². The van der Waals surface area contributed by atoms with E-state index in [-0.39, 0.29) is 29.5 Å². The van der Waals surface area contributed by atoms with Gasteiger partial charge in [-0.15, -0.1) is 0 Å². The SMILES string of the molecule is CC[C@@H](CCc1cc2ccc(C#N)cc2n1CC)C(=N)C(=O)Cc1ccccc1[N+](=O)[O-]. The van der Waals surface area contributed by atoms with Gasteiger partial charge in [0.05, 0.1) is 22.3 Å². The van der Waals surface area contributed by atoms with Crippen molar-refractivity contribution < 1.29 is 9.72 Å². The number of benzene rings is 2. The van der Waals surface area contributed by atoms with Crippen LogP contribution in [0.2, 0.25) is 0 Å². The summed E-state index contributed by atoms with van der Waals surface area (Å²) in [6.07, 6.45) is 1.84. The van der Waals surface area contributed by atoms with Crippen LogP contribution < -0.4 is 0 Å². The van der Waals surface area contributed by atoms with Gasteiger partial charge in [-0.1, -0.05) is 31.2 Å².